The lowest BCUT2D eigenvalue weighted by Crippen LogP contribution is -2.09. The van der Waals surface area contributed by atoms with Crippen LogP contribution in [0.25, 0.3) is 22.6 Å². The van der Waals surface area contributed by atoms with Gasteiger partial charge in [-0.1, -0.05) is 54.6 Å². The molecule has 0 spiro atoms. The molecule has 1 N–H and O–H groups in total. The molecule has 0 saturated heterocycles. The van der Waals surface area contributed by atoms with E-state index in [4.69, 9.17) is 9.97 Å². The van der Waals surface area contributed by atoms with E-state index in [1.165, 1.54) is 0 Å². The molecule has 5 nitrogen and oxygen atoms in total. The Balaban J connectivity index is 1.64. The summed E-state index contributed by atoms with van der Waals surface area (Å²) >= 11 is 0. The highest BCUT2D eigenvalue weighted by Gasteiger charge is 2.32. The summed E-state index contributed by atoms with van der Waals surface area (Å²) in [5.74, 6) is 1.09. The van der Waals surface area contributed by atoms with Crippen molar-refractivity contribution in [3.05, 3.63) is 95.8 Å². The number of carbonyl (C=O) groups excluding carboxylic acids is 1. The van der Waals surface area contributed by atoms with Gasteiger partial charge in [0.2, 0.25) is 0 Å². The number of carbonyl (C=O) groups is 1. The van der Waals surface area contributed by atoms with Gasteiger partial charge in [0.1, 0.15) is 5.82 Å². The maximum absolute atomic E-state index is 13.0. The van der Waals surface area contributed by atoms with Crippen molar-refractivity contribution in [1.82, 2.24) is 15.0 Å². The van der Waals surface area contributed by atoms with Crippen LogP contribution in [0.3, 0.4) is 0 Å². The SMILES string of the molecule is O=C1c2ccccc2-c2nc(-c3ccncc3)nc(NCc3ccccc3)c21. The number of aromatic nitrogens is 3. The van der Waals surface area contributed by atoms with Gasteiger partial charge in [-0.05, 0) is 17.7 Å². The molecule has 0 amide bonds. The van der Waals surface area contributed by atoms with E-state index in [-0.39, 0.29) is 5.78 Å². The third kappa shape index (κ3) is 2.74. The molecule has 5 rings (SSSR count). The number of nitrogens with zero attached hydrogens (tertiary/aromatic N) is 3. The Bertz CT molecular complexity index is 1170. The van der Waals surface area contributed by atoms with E-state index in [1.54, 1.807) is 12.4 Å². The van der Waals surface area contributed by atoms with Gasteiger partial charge in [-0.15, -0.1) is 0 Å². The summed E-state index contributed by atoms with van der Waals surface area (Å²) in [4.78, 5) is 26.5. The molecule has 0 saturated carbocycles. The topological polar surface area (TPSA) is 67.8 Å². The Morgan fingerprint density at radius 1 is 0.786 bits per heavy atom. The third-order valence-corrected chi connectivity index (χ3v) is 4.80. The van der Waals surface area contributed by atoms with Gasteiger partial charge < -0.3 is 5.32 Å². The Labute approximate surface area is 162 Å². The molecule has 0 bridgehead atoms. The molecule has 0 aliphatic heterocycles. The predicted molar refractivity (Wildman–Crippen MR) is 108 cm³/mol. The molecule has 2 heterocycles. The highest BCUT2D eigenvalue weighted by atomic mass is 16.1. The van der Waals surface area contributed by atoms with E-state index in [1.807, 2.05) is 66.7 Å². The second-order valence-electron chi connectivity index (χ2n) is 6.57. The maximum Gasteiger partial charge on any atom is 0.199 e. The Kier molecular flexibility index (Phi) is 3.91. The van der Waals surface area contributed by atoms with Crippen molar-refractivity contribution in [2.24, 2.45) is 0 Å². The maximum atomic E-state index is 13.0. The molecule has 0 unspecified atom stereocenters. The quantitative estimate of drug-likeness (QED) is 0.513. The summed E-state index contributed by atoms with van der Waals surface area (Å²) in [6.45, 7) is 0.573. The zero-order valence-corrected chi connectivity index (χ0v) is 15.0. The number of hydrogen-bond acceptors (Lipinski definition) is 5. The van der Waals surface area contributed by atoms with E-state index in [2.05, 4.69) is 10.3 Å². The predicted octanol–water partition coefficient (Wildman–Crippen LogP) is 4.36. The van der Waals surface area contributed by atoms with Gasteiger partial charge in [-0.2, -0.15) is 0 Å². The van der Waals surface area contributed by atoms with Gasteiger partial charge in [0.25, 0.3) is 0 Å². The van der Waals surface area contributed by atoms with Crippen LogP contribution in [0, 0.1) is 0 Å². The average molecular weight is 364 g/mol. The number of fused-ring (bicyclic) bond motifs is 3. The Hall–Kier alpha value is -3.86. The van der Waals surface area contributed by atoms with Crippen LogP contribution in [0.2, 0.25) is 0 Å². The van der Waals surface area contributed by atoms with Crippen molar-refractivity contribution in [1.29, 1.82) is 0 Å². The largest absolute Gasteiger partial charge is 0.365 e. The van der Waals surface area contributed by atoms with E-state index in [0.717, 1.165) is 16.7 Å². The van der Waals surface area contributed by atoms with Crippen LogP contribution in [0.15, 0.2) is 79.1 Å². The Morgan fingerprint density at radius 3 is 2.29 bits per heavy atom. The molecule has 2 aromatic heterocycles. The van der Waals surface area contributed by atoms with Crippen molar-refractivity contribution >= 4 is 11.6 Å². The minimum Gasteiger partial charge on any atom is -0.365 e. The molecule has 4 aromatic rings. The van der Waals surface area contributed by atoms with Gasteiger partial charge in [0.15, 0.2) is 11.6 Å². The summed E-state index contributed by atoms with van der Waals surface area (Å²) < 4.78 is 0. The molecule has 28 heavy (non-hydrogen) atoms. The van der Waals surface area contributed by atoms with Gasteiger partial charge in [0, 0.05) is 35.6 Å². The first-order valence-corrected chi connectivity index (χ1v) is 9.05. The van der Waals surface area contributed by atoms with Crippen molar-refractivity contribution in [3.8, 4) is 22.6 Å². The third-order valence-electron chi connectivity index (χ3n) is 4.80. The fraction of sp³-hybridized carbons (Fsp3) is 0.0435. The van der Waals surface area contributed by atoms with Gasteiger partial charge in [0.05, 0.1) is 11.3 Å². The number of benzene rings is 2. The zero-order valence-electron chi connectivity index (χ0n) is 15.0. The van der Waals surface area contributed by atoms with Crippen LogP contribution < -0.4 is 5.32 Å². The minimum atomic E-state index is -0.0394. The smallest absolute Gasteiger partial charge is 0.199 e. The molecular formula is C23H16N4O. The molecule has 134 valence electrons. The molecule has 5 heteroatoms. The normalized spacial score (nSPS) is 11.8. The van der Waals surface area contributed by atoms with Gasteiger partial charge in [-0.25, -0.2) is 9.97 Å². The summed E-state index contributed by atoms with van der Waals surface area (Å²) in [7, 11) is 0. The summed E-state index contributed by atoms with van der Waals surface area (Å²) in [6.07, 6.45) is 3.42. The van der Waals surface area contributed by atoms with Crippen LogP contribution in [0.5, 0.6) is 0 Å². The number of nitrogens with one attached hydrogen (secondary N) is 1. The standard InChI is InChI=1S/C23H16N4O/c28-21-18-9-5-4-8-17(18)20-19(21)23(25-14-15-6-2-1-3-7-15)27-22(26-20)16-10-12-24-13-11-16/h1-13H,14H2,(H,25,26,27). The minimum absolute atomic E-state index is 0.0394. The lowest BCUT2D eigenvalue weighted by atomic mass is 10.1. The van der Waals surface area contributed by atoms with Crippen molar-refractivity contribution in [2.45, 2.75) is 6.54 Å². The van der Waals surface area contributed by atoms with Crippen LogP contribution in [-0.2, 0) is 6.54 Å². The molecular weight excluding hydrogens is 348 g/mol. The number of pyridine rings is 1. The number of anilines is 1. The lowest BCUT2D eigenvalue weighted by molar-refractivity contribution is 0.104. The zero-order chi connectivity index (χ0) is 18.9. The van der Waals surface area contributed by atoms with Crippen molar-refractivity contribution in [3.63, 3.8) is 0 Å². The van der Waals surface area contributed by atoms with Crippen LogP contribution in [0.4, 0.5) is 5.82 Å². The van der Waals surface area contributed by atoms with Crippen LogP contribution in [0.1, 0.15) is 21.5 Å². The fourth-order valence-electron chi connectivity index (χ4n) is 3.43. The molecule has 1 aliphatic rings. The van der Waals surface area contributed by atoms with E-state index in [0.29, 0.717) is 35.0 Å². The average Bonchev–Trinajstić information content (AvgIpc) is 3.06. The lowest BCUT2D eigenvalue weighted by Gasteiger charge is -2.12. The summed E-state index contributed by atoms with van der Waals surface area (Å²) in [5.41, 5.74) is 4.71. The second kappa shape index (κ2) is 6.70. The molecule has 1 aliphatic carbocycles. The second-order valence-corrected chi connectivity index (χ2v) is 6.57. The number of hydrogen-bond donors (Lipinski definition) is 1. The monoisotopic (exact) mass is 364 g/mol. The summed E-state index contributed by atoms with van der Waals surface area (Å²) in [6, 6.07) is 21.3. The number of ketones is 1. The molecule has 2 aromatic carbocycles. The van der Waals surface area contributed by atoms with Gasteiger partial charge >= 0.3 is 0 Å². The fourth-order valence-corrected chi connectivity index (χ4v) is 3.43. The van der Waals surface area contributed by atoms with Crippen molar-refractivity contribution < 1.29 is 4.79 Å². The highest BCUT2D eigenvalue weighted by molar-refractivity contribution is 6.23. The van der Waals surface area contributed by atoms with E-state index < -0.39 is 0 Å². The van der Waals surface area contributed by atoms with Gasteiger partial charge in [-0.3, -0.25) is 9.78 Å². The molecule has 0 atom stereocenters. The Morgan fingerprint density at radius 2 is 1.50 bits per heavy atom. The van der Waals surface area contributed by atoms with E-state index in [9.17, 15) is 4.79 Å². The molecule has 0 fully saturated rings. The first-order valence-electron chi connectivity index (χ1n) is 9.05. The first kappa shape index (κ1) is 16.3. The molecule has 0 radical (unpaired) electrons. The van der Waals surface area contributed by atoms with Crippen LogP contribution in [-0.4, -0.2) is 20.7 Å². The van der Waals surface area contributed by atoms with Crippen LogP contribution >= 0.6 is 0 Å². The van der Waals surface area contributed by atoms with Crippen molar-refractivity contribution in [2.75, 3.05) is 5.32 Å². The number of rotatable bonds is 4. The summed E-state index contributed by atoms with van der Waals surface area (Å²) in [5, 5.41) is 3.35. The first-order chi connectivity index (χ1) is 13.8. The highest BCUT2D eigenvalue weighted by Crippen LogP contribution is 2.39. The van der Waals surface area contributed by atoms with E-state index >= 15 is 0 Å².